The van der Waals surface area contributed by atoms with Gasteiger partial charge in [-0.2, -0.15) is 9.49 Å². The predicted octanol–water partition coefficient (Wildman–Crippen LogP) is 4.84. The number of halogens is 1. The number of rotatable bonds is 3. The molecule has 1 aliphatic carbocycles. The van der Waals surface area contributed by atoms with Gasteiger partial charge in [0, 0.05) is 24.4 Å². The van der Waals surface area contributed by atoms with Crippen LogP contribution in [-0.4, -0.2) is 32.4 Å². The summed E-state index contributed by atoms with van der Waals surface area (Å²) in [6.07, 6.45) is 13.7. The number of anilines is 1. The molecular weight excluding hydrogens is 343 g/mol. The number of nitrogens with one attached hydrogen (secondary N) is 2. The molecule has 0 amide bonds. The molecule has 0 spiro atoms. The van der Waals surface area contributed by atoms with Crippen LogP contribution >= 0.6 is 0 Å². The monoisotopic (exact) mass is 368 g/mol. The third-order valence-electron chi connectivity index (χ3n) is 4.59. The van der Waals surface area contributed by atoms with Gasteiger partial charge in [-0.15, -0.1) is 10.2 Å². The van der Waals surface area contributed by atoms with Crippen molar-refractivity contribution in [2.24, 2.45) is 0 Å². The van der Waals surface area contributed by atoms with Gasteiger partial charge in [-0.3, -0.25) is 5.10 Å². The van der Waals surface area contributed by atoms with Gasteiger partial charge in [-0.1, -0.05) is 44.9 Å². The number of nitrogens with zero attached hydrogens (tertiary/aromatic N) is 4. The molecule has 6 nitrogen and oxygen atoms in total. The molecular formula is C20H25FN6. The van der Waals surface area contributed by atoms with Crippen molar-refractivity contribution in [2.45, 2.75) is 44.9 Å². The molecule has 1 aliphatic rings. The summed E-state index contributed by atoms with van der Waals surface area (Å²) in [6.45, 7) is 0. The van der Waals surface area contributed by atoms with Crippen LogP contribution < -0.4 is 5.32 Å². The zero-order valence-corrected chi connectivity index (χ0v) is 15.6. The lowest BCUT2D eigenvalue weighted by molar-refractivity contribution is 0.589. The molecule has 7 heteroatoms. The first kappa shape index (κ1) is 18.9. The minimum atomic E-state index is -0.566. The number of pyridine rings is 1. The van der Waals surface area contributed by atoms with Crippen molar-refractivity contribution in [1.29, 1.82) is 0 Å². The maximum absolute atomic E-state index is 14.0. The van der Waals surface area contributed by atoms with E-state index in [1.807, 2.05) is 0 Å². The van der Waals surface area contributed by atoms with Crippen LogP contribution in [0.4, 0.5) is 10.2 Å². The van der Waals surface area contributed by atoms with E-state index in [2.05, 4.69) is 30.7 Å². The van der Waals surface area contributed by atoms with Gasteiger partial charge in [0.1, 0.15) is 11.5 Å². The van der Waals surface area contributed by atoms with E-state index in [4.69, 9.17) is 0 Å². The van der Waals surface area contributed by atoms with E-state index in [1.54, 1.807) is 43.7 Å². The van der Waals surface area contributed by atoms with Crippen molar-refractivity contribution in [3.63, 3.8) is 0 Å². The molecule has 3 aromatic rings. The van der Waals surface area contributed by atoms with Crippen LogP contribution in [0.25, 0.3) is 22.5 Å². The Morgan fingerprint density at radius 3 is 2.04 bits per heavy atom. The lowest BCUT2D eigenvalue weighted by Crippen LogP contribution is -1.97. The van der Waals surface area contributed by atoms with Crippen molar-refractivity contribution in [3.05, 3.63) is 42.6 Å². The summed E-state index contributed by atoms with van der Waals surface area (Å²) in [4.78, 5) is 3.92. The van der Waals surface area contributed by atoms with Crippen LogP contribution in [0.1, 0.15) is 44.9 Å². The highest BCUT2D eigenvalue weighted by molar-refractivity contribution is 5.65. The van der Waals surface area contributed by atoms with E-state index in [0.717, 1.165) is 0 Å². The first-order valence-electron chi connectivity index (χ1n) is 9.45. The Labute approximate surface area is 158 Å². The third kappa shape index (κ3) is 5.32. The molecule has 0 aromatic carbocycles. The Morgan fingerprint density at radius 1 is 0.889 bits per heavy atom. The van der Waals surface area contributed by atoms with Gasteiger partial charge in [0.25, 0.3) is 0 Å². The van der Waals surface area contributed by atoms with Crippen LogP contribution in [0, 0.1) is 5.95 Å². The summed E-state index contributed by atoms with van der Waals surface area (Å²) < 4.78 is 14.0. The summed E-state index contributed by atoms with van der Waals surface area (Å²) in [5, 5.41) is 17.2. The van der Waals surface area contributed by atoms with E-state index in [-0.39, 0.29) is 0 Å². The Bertz CT molecular complexity index is 797. The largest absolute Gasteiger partial charge is 0.372 e. The molecule has 1 fully saturated rings. The van der Waals surface area contributed by atoms with E-state index in [0.29, 0.717) is 28.3 Å². The lowest BCUT2D eigenvalue weighted by atomic mass is 10.1. The molecule has 0 aliphatic heterocycles. The smallest absolute Gasteiger partial charge is 0.221 e. The van der Waals surface area contributed by atoms with Crippen LogP contribution in [0.15, 0.2) is 36.7 Å². The number of hydrogen-bond donors (Lipinski definition) is 2. The average molecular weight is 368 g/mol. The van der Waals surface area contributed by atoms with Crippen LogP contribution in [-0.2, 0) is 0 Å². The molecule has 4 rings (SSSR count). The highest BCUT2D eigenvalue weighted by Crippen LogP contribution is 2.23. The maximum atomic E-state index is 14.0. The Morgan fingerprint density at radius 2 is 1.56 bits per heavy atom. The topological polar surface area (TPSA) is 79.4 Å². The second-order valence-corrected chi connectivity index (χ2v) is 6.55. The van der Waals surface area contributed by atoms with Crippen molar-refractivity contribution in [3.8, 4) is 22.5 Å². The molecule has 0 atom stereocenters. The van der Waals surface area contributed by atoms with Gasteiger partial charge in [-0.05, 0) is 24.3 Å². The lowest BCUT2D eigenvalue weighted by Gasteiger charge is -2.04. The van der Waals surface area contributed by atoms with E-state index in [9.17, 15) is 4.39 Å². The average Bonchev–Trinajstić information content (AvgIpc) is 3.07. The fourth-order valence-electron chi connectivity index (χ4n) is 3.03. The van der Waals surface area contributed by atoms with E-state index < -0.39 is 5.95 Å². The first-order chi connectivity index (χ1) is 13.3. The molecule has 3 aromatic heterocycles. The molecule has 27 heavy (non-hydrogen) atoms. The van der Waals surface area contributed by atoms with Gasteiger partial charge in [-0.25, -0.2) is 4.98 Å². The van der Waals surface area contributed by atoms with Gasteiger partial charge < -0.3 is 5.32 Å². The summed E-state index contributed by atoms with van der Waals surface area (Å²) in [5.74, 6) is 0.0765. The molecule has 0 bridgehead atoms. The van der Waals surface area contributed by atoms with Gasteiger partial charge >= 0.3 is 0 Å². The Balaban J connectivity index is 0.000000253. The minimum absolute atomic E-state index is 0.391. The summed E-state index contributed by atoms with van der Waals surface area (Å²) >= 11 is 0. The van der Waals surface area contributed by atoms with Crippen molar-refractivity contribution in [2.75, 3.05) is 12.4 Å². The molecule has 0 radical (unpaired) electrons. The minimum Gasteiger partial charge on any atom is -0.372 e. The van der Waals surface area contributed by atoms with Crippen molar-refractivity contribution in [1.82, 2.24) is 25.4 Å². The highest BCUT2D eigenvalue weighted by atomic mass is 19.1. The van der Waals surface area contributed by atoms with Crippen molar-refractivity contribution >= 4 is 5.82 Å². The standard InChI is InChI=1S/C13H11FN6.C7H14/c1-15-12-5-4-11(19-20-12)10-3-2-9(13(14)18-10)8-6-16-17-7-8;1-2-4-6-7-5-3-1/h2-7H,1H3,(H,15,20)(H,16,17);1-7H2. The second-order valence-electron chi connectivity index (χ2n) is 6.55. The maximum Gasteiger partial charge on any atom is 0.221 e. The number of H-pyrrole nitrogens is 1. The van der Waals surface area contributed by atoms with E-state index >= 15 is 0 Å². The Kier molecular flexibility index (Phi) is 6.84. The van der Waals surface area contributed by atoms with Crippen molar-refractivity contribution < 1.29 is 4.39 Å². The van der Waals surface area contributed by atoms with Gasteiger partial charge in [0.15, 0.2) is 0 Å². The summed E-state index contributed by atoms with van der Waals surface area (Å²) in [6, 6.07) is 6.84. The number of aromatic amines is 1. The summed E-state index contributed by atoms with van der Waals surface area (Å²) in [5.41, 5.74) is 1.99. The third-order valence-corrected chi connectivity index (χ3v) is 4.59. The fourth-order valence-corrected chi connectivity index (χ4v) is 3.03. The zero-order valence-electron chi connectivity index (χ0n) is 15.6. The predicted molar refractivity (Wildman–Crippen MR) is 105 cm³/mol. The molecule has 142 valence electrons. The second kappa shape index (κ2) is 9.75. The first-order valence-corrected chi connectivity index (χ1v) is 9.45. The number of hydrogen-bond acceptors (Lipinski definition) is 5. The SMILES string of the molecule is C1CCCCCC1.CNc1ccc(-c2ccc(-c3cn[nH]c3)c(F)n2)nn1. The normalized spacial score (nSPS) is 14.0. The molecule has 3 heterocycles. The van der Waals surface area contributed by atoms with Gasteiger partial charge in [0.05, 0.1) is 11.9 Å². The number of aromatic nitrogens is 5. The Hall–Kier alpha value is -2.83. The van der Waals surface area contributed by atoms with Crippen LogP contribution in [0.2, 0.25) is 0 Å². The zero-order chi connectivity index (χ0) is 18.9. The van der Waals surface area contributed by atoms with Crippen LogP contribution in [0.3, 0.4) is 0 Å². The molecule has 1 saturated carbocycles. The fraction of sp³-hybridized carbons (Fsp3) is 0.400. The van der Waals surface area contributed by atoms with E-state index in [1.165, 1.54) is 44.9 Å². The molecule has 0 unspecified atom stereocenters. The highest BCUT2D eigenvalue weighted by Gasteiger charge is 2.10. The quantitative estimate of drug-likeness (QED) is 0.511. The van der Waals surface area contributed by atoms with Gasteiger partial charge in [0.2, 0.25) is 5.95 Å². The summed E-state index contributed by atoms with van der Waals surface area (Å²) in [7, 11) is 1.75. The van der Waals surface area contributed by atoms with Crippen LogP contribution in [0.5, 0.6) is 0 Å². The molecule has 2 N–H and O–H groups in total. The molecule has 0 saturated heterocycles.